The fourth-order valence-corrected chi connectivity index (χ4v) is 8.23. The van der Waals surface area contributed by atoms with E-state index in [1.165, 1.54) is 45.5 Å². The van der Waals surface area contributed by atoms with Gasteiger partial charge in [0.05, 0.1) is 17.1 Å². The van der Waals surface area contributed by atoms with Crippen molar-refractivity contribution in [2.24, 2.45) is 0 Å². The molecule has 0 saturated carbocycles. The van der Waals surface area contributed by atoms with E-state index < -0.39 is 27.9 Å². The van der Waals surface area contributed by atoms with Crippen LogP contribution in [0.3, 0.4) is 0 Å². The van der Waals surface area contributed by atoms with E-state index in [4.69, 9.17) is 16.3 Å². The molecule has 1 saturated heterocycles. The van der Waals surface area contributed by atoms with Crippen LogP contribution in [0.5, 0.6) is 0 Å². The smallest absolute Gasteiger partial charge is 0.341 e. The lowest BCUT2D eigenvalue weighted by molar-refractivity contribution is -0.119. The summed E-state index contributed by atoms with van der Waals surface area (Å²) in [4.78, 5) is 29.9. The van der Waals surface area contributed by atoms with Crippen molar-refractivity contribution in [3.63, 3.8) is 0 Å². The summed E-state index contributed by atoms with van der Waals surface area (Å²) in [5.74, 6) is -0.922. The second-order valence-corrected chi connectivity index (χ2v) is 13.0. The van der Waals surface area contributed by atoms with Gasteiger partial charge in [-0.2, -0.15) is 4.31 Å². The van der Waals surface area contributed by atoms with Crippen LogP contribution in [-0.2, 0) is 39.1 Å². The highest BCUT2D eigenvalue weighted by Gasteiger charge is 2.40. The van der Waals surface area contributed by atoms with E-state index >= 15 is 0 Å². The summed E-state index contributed by atoms with van der Waals surface area (Å²) >= 11 is 7.30. The van der Waals surface area contributed by atoms with Crippen LogP contribution in [0.2, 0.25) is 5.02 Å². The fourth-order valence-electron chi connectivity index (χ4n) is 5.17. The lowest BCUT2D eigenvalue weighted by atomic mass is 10.0. The van der Waals surface area contributed by atoms with Crippen molar-refractivity contribution >= 4 is 49.8 Å². The number of carbonyl (C=O) groups excluding carboxylic acids is 2. The van der Waals surface area contributed by atoms with Crippen LogP contribution < -0.4 is 5.32 Å². The SMILES string of the molecule is CCOC(=O)c1c(NC(=O)C2CCCN2S(=O)(=O)c2ccc(Cl)cc2)sc2c1CCN(Cc1ccccc1)C2. The highest BCUT2D eigenvalue weighted by molar-refractivity contribution is 7.89. The van der Waals surface area contributed by atoms with Crippen LogP contribution in [0.4, 0.5) is 5.00 Å². The number of sulfonamides is 1. The van der Waals surface area contributed by atoms with Gasteiger partial charge in [-0.25, -0.2) is 13.2 Å². The van der Waals surface area contributed by atoms with Crippen LogP contribution in [0.1, 0.15) is 46.1 Å². The Bertz CT molecular complexity index is 1460. The summed E-state index contributed by atoms with van der Waals surface area (Å²) in [7, 11) is -3.90. The molecule has 5 rings (SSSR count). The molecule has 1 amide bonds. The Hall–Kier alpha value is -2.76. The molecule has 0 aliphatic carbocycles. The number of hydrogen-bond acceptors (Lipinski definition) is 7. The quantitative estimate of drug-likeness (QED) is 0.376. The van der Waals surface area contributed by atoms with E-state index in [0.29, 0.717) is 41.4 Å². The Balaban J connectivity index is 1.38. The maximum atomic E-state index is 13.5. The first-order valence-corrected chi connectivity index (χ1v) is 15.6. The molecule has 11 heteroatoms. The molecular formula is C28H30ClN3O5S2. The molecule has 1 atom stereocenters. The first-order chi connectivity index (χ1) is 18.8. The van der Waals surface area contributed by atoms with E-state index in [-0.39, 0.29) is 18.0 Å². The van der Waals surface area contributed by atoms with E-state index in [1.54, 1.807) is 6.92 Å². The lowest BCUT2D eigenvalue weighted by Gasteiger charge is -2.27. The minimum absolute atomic E-state index is 0.0870. The highest BCUT2D eigenvalue weighted by atomic mass is 35.5. The molecule has 3 heterocycles. The van der Waals surface area contributed by atoms with Crippen molar-refractivity contribution in [3.8, 4) is 0 Å². The van der Waals surface area contributed by atoms with Crippen molar-refractivity contribution in [2.75, 3.05) is 25.0 Å². The number of nitrogens with one attached hydrogen (secondary N) is 1. The standard InChI is InChI=1S/C28H30ClN3O5S2/c1-2-37-28(34)25-22-14-16-31(17-19-7-4-3-5-8-19)18-24(22)38-27(25)30-26(33)23-9-6-15-32(23)39(35,36)21-12-10-20(29)11-13-21/h3-5,7-8,10-13,23H,2,6,9,14-18H2,1H3,(H,30,33). The molecule has 0 radical (unpaired) electrons. The van der Waals surface area contributed by atoms with Gasteiger partial charge in [-0.05, 0) is 61.6 Å². The molecule has 1 N–H and O–H groups in total. The molecule has 1 aromatic heterocycles. The summed E-state index contributed by atoms with van der Waals surface area (Å²) < 4.78 is 33.3. The number of anilines is 1. The average Bonchev–Trinajstić information content (AvgIpc) is 3.55. The highest BCUT2D eigenvalue weighted by Crippen LogP contribution is 2.39. The van der Waals surface area contributed by atoms with Gasteiger partial charge in [-0.1, -0.05) is 41.9 Å². The van der Waals surface area contributed by atoms with Crippen LogP contribution in [0.15, 0.2) is 59.5 Å². The number of amides is 1. The third-order valence-corrected chi connectivity index (χ3v) is 10.3. The summed E-state index contributed by atoms with van der Waals surface area (Å²) in [5, 5.41) is 3.76. The van der Waals surface area contributed by atoms with Gasteiger partial charge in [0.2, 0.25) is 15.9 Å². The van der Waals surface area contributed by atoms with Crippen molar-refractivity contribution in [1.29, 1.82) is 0 Å². The summed E-state index contributed by atoms with van der Waals surface area (Å²) in [5.41, 5.74) is 2.49. The van der Waals surface area contributed by atoms with E-state index in [0.717, 1.165) is 23.5 Å². The molecule has 2 aliphatic rings. The number of esters is 1. The minimum Gasteiger partial charge on any atom is -0.462 e. The normalized spacial score (nSPS) is 18.1. The summed E-state index contributed by atoms with van der Waals surface area (Å²) in [6.07, 6.45) is 1.61. The van der Waals surface area contributed by atoms with Crippen molar-refractivity contribution in [2.45, 2.75) is 50.2 Å². The maximum Gasteiger partial charge on any atom is 0.341 e. The van der Waals surface area contributed by atoms with Gasteiger partial charge in [0.25, 0.3) is 0 Å². The minimum atomic E-state index is -3.90. The number of thiophene rings is 1. The number of halogens is 1. The number of nitrogens with zero attached hydrogens (tertiary/aromatic N) is 2. The molecule has 206 valence electrons. The molecule has 1 fully saturated rings. The molecule has 39 heavy (non-hydrogen) atoms. The van der Waals surface area contributed by atoms with Crippen LogP contribution in [0, 0.1) is 0 Å². The Morgan fingerprint density at radius 3 is 2.56 bits per heavy atom. The summed E-state index contributed by atoms with van der Waals surface area (Å²) in [6.45, 7) is 4.41. The van der Waals surface area contributed by atoms with Gasteiger partial charge in [0.15, 0.2) is 0 Å². The monoisotopic (exact) mass is 587 g/mol. The van der Waals surface area contributed by atoms with Crippen molar-refractivity contribution in [3.05, 3.63) is 81.2 Å². The lowest BCUT2D eigenvalue weighted by Crippen LogP contribution is -2.43. The number of rotatable bonds is 8. The second kappa shape index (κ2) is 11.8. The Morgan fingerprint density at radius 2 is 1.85 bits per heavy atom. The zero-order valence-electron chi connectivity index (χ0n) is 21.6. The topological polar surface area (TPSA) is 96.0 Å². The fraction of sp³-hybridized carbons (Fsp3) is 0.357. The number of hydrogen-bond donors (Lipinski definition) is 1. The largest absolute Gasteiger partial charge is 0.462 e. The molecule has 2 aliphatic heterocycles. The number of carbonyl (C=O) groups is 2. The predicted octanol–water partition coefficient (Wildman–Crippen LogP) is 4.93. The third kappa shape index (κ3) is 5.90. The van der Waals surface area contributed by atoms with Gasteiger partial charge in [-0.15, -0.1) is 11.3 Å². The Kier molecular flexibility index (Phi) is 8.39. The number of benzene rings is 2. The average molecular weight is 588 g/mol. The van der Waals surface area contributed by atoms with Gasteiger partial charge < -0.3 is 10.1 Å². The van der Waals surface area contributed by atoms with Crippen molar-refractivity contribution < 1.29 is 22.7 Å². The zero-order valence-corrected chi connectivity index (χ0v) is 23.9. The number of fused-ring (bicyclic) bond motifs is 1. The second-order valence-electron chi connectivity index (χ2n) is 9.59. The summed E-state index contributed by atoms with van der Waals surface area (Å²) in [6, 6.07) is 15.2. The third-order valence-electron chi connectivity index (χ3n) is 7.03. The Labute approximate surface area is 237 Å². The molecule has 3 aromatic rings. The van der Waals surface area contributed by atoms with Gasteiger partial charge in [-0.3, -0.25) is 9.69 Å². The first-order valence-electron chi connectivity index (χ1n) is 12.9. The van der Waals surface area contributed by atoms with Gasteiger partial charge >= 0.3 is 5.97 Å². The first kappa shape index (κ1) is 27.8. The van der Waals surface area contributed by atoms with Crippen LogP contribution in [0.25, 0.3) is 0 Å². The van der Waals surface area contributed by atoms with Crippen molar-refractivity contribution in [1.82, 2.24) is 9.21 Å². The molecule has 8 nitrogen and oxygen atoms in total. The molecule has 2 aromatic carbocycles. The zero-order chi connectivity index (χ0) is 27.6. The molecule has 0 spiro atoms. The van der Waals surface area contributed by atoms with E-state index in [9.17, 15) is 18.0 Å². The van der Waals surface area contributed by atoms with Crippen LogP contribution in [-0.4, -0.2) is 55.2 Å². The predicted molar refractivity (Wildman–Crippen MR) is 152 cm³/mol. The molecule has 0 bridgehead atoms. The van der Waals surface area contributed by atoms with E-state index in [1.807, 2.05) is 18.2 Å². The van der Waals surface area contributed by atoms with E-state index in [2.05, 4.69) is 22.3 Å². The molecular weight excluding hydrogens is 558 g/mol. The number of ether oxygens (including phenoxy) is 1. The Morgan fingerprint density at radius 1 is 1.10 bits per heavy atom. The van der Waals surface area contributed by atoms with Gasteiger partial charge in [0, 0.05) is 36.1 Å². The van der Waals surface area contributed by atoms with Gasteiger partial charge in [0.1, 0.15) is 11.0 Å². The maximum absolute atomic E-state index is 13.5. The molecule has 1 unspecified atom stereocenters. The van der Waals surface area contributed by atoms with Crippen LogP contribution >= 0.6 is 22.9 Å².